The first kappa shape index (κ1) is 15.9. The highest BCUT2D eigenvalue weighted by Gasteiger charge is 2.05. The zero-order valence-corrected chi connectivity index (χ0v) is 12.4. The molecular weight excluding hydrogens is 243 g/mol. The lowest BCUT2D eigenvalue weighted by molar-refractivity contribution is 0.330. The Hall–Kier alpha value is -1.13. The SMILES string of the molecule is COc1ccc(CCN(C)CCNC(C)C)cc1F. The maximum absolute atomic E-state index is 13.5. The van der Waals surface area contributed by atoms with Crippen LogP contribution in [0.2, 0.25) is 0 Å². The van der Waals surface area contributed by atoms with Gasteiger partial charge in [-0.25, -0.2) is 4.39 Å². The summed E-state index contributed by atoms with van der Waals surface area (Å²) in [6, 6.07) is 5.68. The quantitative estimate of drug-likeness (QED) is 0.783. The lowest BCUT2D eigenvalue weighted by atomic mass is 10.1. The third-order valence-electron chi connectivity index (χ3n) is 3.04. The summed E-state index contributed by atoms with van der Waals surface area (Å²) in [6.07, 6.45) is 0.846. The third-order valence-corrected chi connectivity index (χ3v) is 3.04. The summed E-state index contributed by atoms with van der Waals surface area (Å²) >= 11 is 0. The second-order valence-corrected chi connectivity index (χ2v) is 5.13. The molecule has 0 saturated heterocycles. The van der Waals surface area contributed by atoms with Crippen molar-refractivity contribution in [2.75, 3.05) is 33.8 Å². The summed E-state index contributed by atoms with van der Waals surface area (Å²) in [7, 11) is 3.56. The van der Waals surface area contributed by atoms with Crippen molar-refractivity contribution in [3.63, 3.8) is 0 Å². The van der Waals surface area contributed by atoms with Crippen molar-refractivity contribution in [1.29, 1.82) is 0 Å². The van der Waals surface area contributed by atoms with E-state index in [1.165, 1.54) is 7.11 Å². The summed E-state index contributed by atoms with van der Waals surface area (Å²) in [5.41, 5.74) is 1.00. The van der Waals surface area contributed by atoms with Crippen LogP contribution in [0.15, 0.2) is 18.2 Å². The first-order valence-corrected chi connectivity index (χ1v) is 6.77. The number of likely N-dealkylation sites (N-methyl/N-ethyl adjacent to an activating group) is 1. The molecule has 0 aliphatic rings. The van der Waals surface area contributed by atoms with Crippen molar-refractivity contribution in [1.82, 2.24) is 10.2 Å². The van der Waals surface area contributed by atoms with Crippen molar-refractivity contribution >= 4 is 0 Å². The topological polar surface area (TPSA) is 24.5 Å². The molecule has 0 heterocycles. The molecule has 1 rings (SSSR count). The van der Waals surface area contributed by atoms with Gasteiger partial charge in [-0.05, 0) is 31.2 Å². The Labute approximate surface area is 115 Å². The maximum Gasteiger partial charge on any atom is 0.165 e. The molecule has 0 atom stereocenters. The van der Waals surface area contributed by atoms with Crippen LogP contribution in [-0.2, 0) is 6.42 Å². The van der Waals surface area contributed by atoms with Crippen LogP contribution >= 0.6 is 0 Å². The van der Waals surface area contributed by atoms with Crippen LogP contribution in [0.4, 0.5) is 4.39 Å². The average Bonchev–Trinajstić information content (AvgIpc) is 2.36. The van der Waals surface area contributed by atoms with Gasteiger partial charge in [0.25, 0.3) is 0 Å². The summed E-state index contributed by atoms with van der Waals surface area (Å²) in [5, 5.41) is 3.38. The average molecular weight is 268 g/mol. The Morgan fingerprint density at radius 1 is 1.32 bits per heavy atom. The molecule has 0 bridgehead atoms. The molecule has 1 aromatic rings. The minimum atomic E-state index is -0.288. The van der Waals surface area contributed by atoms with E-state index in [0.29, 0.717) is 11.8 Å². The normalized spacial score (nSPS) is 11.3. The van der Waals surface area contributed by atoms with E-state index < -0.39 is 0 Å². The second-order valence-electron chi connectivity index (χ2n) is 5.13. The summed E-state index contributed by atoms with van der Waals surface area (Å²) < 4.78 is 18.4. The largest absolute Gasteiger partial charge is 0.494 e. The third kappa shape index (κ3) is 6.03. The number of benzene rings is 1. The van der Waals surface area contributed by atoms with E-state index in [1.54, 1.807) is 12.1 Å². The predicted octanol–water partition coefficient (Wildman–Crippen LogP) is 2.31. The minimum Gasteiger partial charge on any atom is -0.494 e. The fraction of sp³-hybridized carbons (Fsp3) is 0.600. The van der Waals surface area contributed by atoms with Gasteiger partial charge in [0.15, 0.2) is 11.6 Å². The molecule has 19 heavy (non-hydrogen) atoms. The zero-order valence-electron chi connectivity index (χ0n) is 12.4. The number of methoxy groups -OCH3 is 1. The van der Waals surface area contributed by atoms with Gasteiger partial charge in [-0.15, -0.1) is 0 Å². The van der Waals surface area contributed by atoms with Crippen LogP contribution < -0.4 is 10.1 Å². The predicted molar refractivity (Wildman–Crippen MR) is 77.3 cm³/mol. The van der Waals surface area contributed by atoms with Gasteiger partial charge in [-0.3, -0.25) is 0 Å². The molecular formula is C15H25FN2O. The number of ether oxygens (including phenoxy) is 1. The van der Waals surface area contributed by atoms with Gasteiger partial charge in [0.2, 0.25) is 0 Å². The highest BCUT2D eigenvalue weighted by Crippen LogP contribution is 2.17. The zero-order chi connectivity index (χ0) is 14.3. The highest BCUT2D eigenvalue weighted by atomic mass is 19.1. The maximum atomic E-state index is 13.5. The van der Waals surface area contributed by atoms with Crippen LogP contribution in [0, 0.1) is 5.82 Å². The Bertz CT molecular complexity index is 382. The summed E-state index contributed by atoms with van der Waals surface area (Å²) in [6.45, 7) is 7.17. The summed E-state index contributed by atoms with van der Waals surface area (Å²) in [5.74, 6) is 0.0161. The number of nitrogens with one attached hydrogen (secondary N) is 1. The molecule has 0 fully saturated rings. The van der Waals surface area contributed by atoms with Crippen LogP contribution in [-0.4, -0.2) is 44.7 Å². The lowest BCUT2D eigenvalue weighted by Crippen LogP contribution is -2.33. The molecule has 108 valence electrons. The standard InChI is InChI=1S/C15H25FN2O/c1-12(2)17-8-10-18(3)9-7-13-5-6-15(19-4)14(16)11-13/h5-6,11-12,17H,7-10H2,1-4H3. The monoisotopic (exact) mass is 268 g/mol. The Kier molecular flexibility index (Phi) is 6.81. The van der Waals surface area contributed by atoms with Crippen LogP contribution in [0.25, 0.3) is 0 Å². The number of nitrogens with zero attached hydrogens (tertiary/aromatic N) is 1. The number of hydrogen-bond donors (Lipinski definition) is 1. The lowest BCUT2D eigenvalue weighted by Gasteiger charge is -2.18. The van der Waals surface area contributed by atoms with Gasteiger partial charge in [0.1, 0.15) is 0 Å². The first-order valence-electron chi connectivity index (χ1n) is 6.77. The molecule has 0 aliphatic heterocycles. The molecule has 0 amide bonds. The van der Waals surface area contributed by atoms with Gasteiger partial charge in [-0.2, -0.15) is 0 Å². The van der Waals surface area contributed by atoms with Crippen molar-refractivity contribution < 1.29 is 9.13 Å². The molecule has 0 aromatic heterocycles. The molecule has 4 heteroatoms. The Morgan fingerprint density at radius 3 is 2.63 bits per heavy atom. The highest BCUT2D eigenvalue weighted by molar-refractivity contribution is 5.29. The molecule has 3 nitrogen and oxygen atoms in total. The van der Waals surface area contributed by atoms with E-state index in [9.17, 15) is 4.39 Å². The van der Waals surface area contributed by atoms with E-state index in [0.717, 1.165) is 31.6 Å². The van der Waals surface area contributed by atoms with Crippen molar-refractivity contribution in [3.05, 3.63) is 29.6 Å². The van der Waals surface area contributed by atoms with Crippen LogP contribution in [0.3, 0.4) is 0 Å². The molecule has 0 radical (unpaired) electrons. The number of rotatable bonds is 8. The molecule has 0 spiro atoms. The van der Waals surface area contributed by atoms with E-state index in [2.05, 4.69) is 31.1 Å². The van der Waals surface area contributed by atoms with Gasteiger partial charge < -0.3 is 15.0 Å². The molecule has 1 N–H and O–H groups in total. The minimum absolute atomic E-state index is 0.288. The fourth-order valence-electron chi connectivity index (χ4n) is 1.84. The number of hydrogen-bond acceptors (Lipinski definition) is 3. The molecule has 1 aromatic carbocycles. The van der Waals surface area contributed by atoms with Crippen molar-refractivity contribution in [2.24, 2.45) is 0 Å². The fourth-order valence-corrected chi connectivity index (χ4v) is 1.84. The molecule has 0 aliphatic carbocycles. The van der Waals surface area contributed by atoms with Gasteiger partial charge >= 0.3 is 0 Å². The van der Waals surface area contributed by atoms with E-state index in [4.69, 9.17) is 4.74 Å². The number of halogens is 1. The van der Waals surface area contributed by atoms with Crippen molar-refractivity contribution in [2.45, 2.75) is 26.3 Å². The van der Waals surface area contributed by atoms with Gasteiger partial charge in [0, 0.05) is 25.7 Å². The van der Waals surface area contributed by atoms with Gasteiger partial charge in [0.05, 0.1) is 7.11 Å². The summed E-state index contributed by atoms with van der Waals surface area (Å²) in [4.78, 5) is 2.25. The van der Waals surface area contributed by atoms with Crippen molar-refractivity contribution in [3.8, 4) is 5.75 Å². The second kappa shape index (κ2) is 8.12. The van der Waals surface area contributed by atoms with Crippen LogP contribution in [0.5, 0.6) is 5.75 Å². The molecule has 0 unspecified atom stereocenters. The van der Waals surface area contributed by atoms with Crippen LogP contribution in [0.1, 0.15) is 19.4 Å². The van der Waals surface area contributed by atoms with E-state index in [1.807, 2.05) is 6.07 Å². The van der Waals surface area contributed by atoms with Gasteiger partial charge in [-0.1, -0.05) is 19.9 Å². The first-order chi connectivity index (χ1) is 9.02. The van der Waals surface area contributed by atoms with E-state index >= 15 is 0 Å². The Balaban J connectivity index is 2.33. The van der Waals surface area contributed by atoms with E-state index in [-0.39, 0.29) is 5.82 Å². The smallest absolute Gasteiger partial charge is 0.165 e. The molecule has 0 saturated carbocycles. The Morgan fingerprint density at radius 2 is 2.05 bits per heavy atom.